The lowest BCUT2D eigenvalue weighted by Gasteiger charge is -2.20. The third-order valence-corrected chi connectivity index (χ3v) is 8.30. The molecule has 1 unspecified atom stereocenters. The first-order chi connectivity index (χ1) is 20.9. The SMILES string of the molecule is CCCCCCCCCCCCCCCCOCCCOP(=O)(O)CO[C@@H](COC)Cn1cnc2c(OC)nc(N)nc21. The highest BCUT2D eigenvalue weighted by Gasteiger charge is 2.24. The average Bonchev–Trinajstić information content (AvgIpc) is 3.39. The number of hydrogen-bond donors (Lipinski definition) is 2. The molecule has 0 spiro atoms. The molecule has 0 saturated heterocycles. The van der Waals surface area contributed by atoms with Gasteiger partial charge in [0.25, 0.3) is 0 Å². The summed E-state index contributed by atoms with van der Waals surface area (Å²) in [5, 5.41) is 0. The molecule has 0 aromatic carbocycles. The second-order valence-electron chi connectivity index (χ2n) is 11.1. The Morgan fingerprint density at radius 2 is 1.49 bits per heavy atom. The van der Waals surface area contributed by atoms with Crippen molar-refractivity contribution >= 4 is 24.7 Å². The van der Waals surface area contributed by atoms with Gasteiger partial charge in [-0.1, -0.05) is 90.4 Å². The van der Waals surface area contributed by atoms with Crippen LogP contribution < -0.4 is 10.5 Å². The molecule has 0 amide bonds. The number of nitrogens with two attached hydrogens (primary N) is 1. The van der Waals surface area contributed by atoms with Gasteiger partial charge in [0, 0.05) is 20.3 Å². The van der Waals surface area contributed by atoms with Crippen LogP contribution in [0.2, 0.25) is 0 Å². The highest BCUT2D eigenvalue weighted by molar-refractivity contribution is 7.52. The average molecular weight is 630 g/mol. The Labute approximate surface area is 257 Å². The van der Waals surface area contributed by atoms with Crippen molar-refractivity contribution in [3.63, 3.8) is 0 Å². The third-order valence-electron chi connectivity index (χ3n) is 7.24. The third kappa shape index (κ3) is 16.2. The molecule has 0 aliphatic heterocycles. The van der Waals surface area contributed by atoms with E-state index in [1.165, 1.54) is 97.7 Å². The summed E-state index contributed by atoms with van der Waals surface area (Å²) in [6, 6.07) is 0. The molecular formula is C30H56N5O7P. The summed E-state index contributed by atoms with van der Waals surface area (Å²) in [7, 11) is -0.943. The number of nitrogen functional groups attached to an aromatic ring is 1. The van der Waals surface area contributed by atoms with E-state index in [-0.39, 0.29) is 31.6 Å². The fourth-order valence-corrected chi connectivity index (χ4v) is 5.76. The Bertz CT molecular complexity index is 1040. The second kappa shape index (κ2) is 22.7. The minimum absolute atomic E-state index is 0.0483. The maximum absolute atomic E-state index is 12.5. The predicted octanol–water partition coefficient (Wildman–Crippen LogP) is 6.50. The Morgan fingerprint density at radius 3 is 2.09 bits per heavy atom. The van der Waals surface area contributed by atoms with Gasteiger partial charge in [-0.15, -0.1) is 0 Å². The summed E-state index contributed by atoms with van der Waals surface area (Å²) < 4.78 is 41.3. The molecule has 2 rings (SSSR count). The fourth-order valence-electron chi connectivity index (χ4n) is 4.87. The van der Waals surface area contributed by atoms with Crippen molar-refractivity contribution in [1.82, 2.24) is 19.5 Å². The van der Waals surface area contributed by atoms with Crippen molar-refractivity contribution in [3.8, 4) is 5.88 Å². The van der Waals surface area contributed by atoms with Crippen LogP contribution in [0.15, 0.2) is 6.33 Å². The van der Waals surface area contributed by atoms with Gasteiger partial charge >= 0.3 is 7.60 Å². The van der Waals surface area contributed by atoms with E-state index < -0.39 is 20.0 Å². The largest absolute Gasteiger partial charge is 0.479 e. The standard InChI is InChI=1S/C30H56N5O7P/c1-4-5-6-7-8-9-10-11-12-13-14-15-16-17-19-40-20-18-21-42-43(36,37)25-41-26(23-38-2)22-35-24-32-27-28(35)33-30(31)34-29(27)39-3/h24,26H,4-23,25H2,1-3H3,(H,36,37)(H2,31,33,34)/t26-/m1/s1. The maximum atomic E-state index is 12.5. The lowest BCUT2D eigenvalue weighted by atomic mass is 10.0. The van der Waals surface area contributed by atoms with Crippen molar-refractivity contribution in [3.05, 3.63) is 6.33 Å². The van der Waals surface area contributed by atoms with Gasteiger partial charge in [-0.25, -0.2) is 4.98 Å². The summed E-state index contributed by atoms with van der Waals surface area (Å²) in [4.78, 5) is 22.8. The number of methoxy groups -OCH3 is 2. The van der Waals surface area contributed by atoms with E-state index in [0.29, 0.717) is 30.8 Å². The summed E-state index contributed by atoms with van der Waals surface area (Å²) in [5.74, 6) is 0.314. The Hall–Kier alpha value is -1.82. The number of aromatic nitrogens is 4. The summed E-state index contributed by atoms with van der Waals surface area (Å²) in [6.45, 7) is 4.03. The number of imidazole rings is 1. The molecule has 12 nitrogen and oxygen atoms in total. The first kappa shape index (κ1) is 37.4. The van der Waals surface area contributed by atoms with Gasteiger partial charge in [-0.2, -0.15) is 9.97 Å². The number of nitrogens with zero attached hydrogens (tertiary/aromatic N) is 4. The van der Waals surface area contributed by atoms with Crippen molar-refractivity contribution in [2.24, 2.45) is 0 Å². The van der Waals surface area contributed by atoms with Crippen LogP contribution in [0, 0.1) is 0 Å². The number of ether oxygens (including phenoxy) is 4. The number of rotatable bonds is 28. The van der Waals surface area contributed by atoms with Crippen LogP contribution in [0.25, 0.3) is 11.2 Å². The highest BCUT2D eigenvalue weighted by atomic mass is 31.2. The molecule has 0 radical (unpaired) electrons. The topological polar surface area (TPSA) is 153 Å². The van der Waals surface area contributed by atoms with E-state index in [0.717, 1.165) is 6.42 Å². The monoisotopic (exact) mass is 629 g/mol. The van der Waals surface area contributed by atoms with Gasteiger partial charge in [-0.05, 0) is 12.8 Å². The molecule has 0 fully saturated rings. The van der Waals surface area contributed by atoms with E-state index in [1.807, 2.05) is 0 Å². The van der Waals surface area contributed by atoms with Gasteiger partial charge in [0.1, 0.15) is 6.35 Å². The second-order valence-corrected chi connectivity index (χ2v) is 12.9. The van der Waals surface area contributed by atoms with Crippen LogP contribution in [0.5, 0.6) is 5.88 Å². The molecule has 2 heterocycles. The number of anilines is 1. The van der Waals surface area contributed by atoms with Crippen molar-refractivity contribution in [1.29, 1.82) is 0 Å². The summed E-state index contributed by atoms with van der Waals surface area (Å²) in [5.41, 5.74) is 6.70. The lowest BCUT2D eigenvalue weighted by molar-refractivity contribution is 0.00219. The van der Waals surface area contributed by atoms with E-state index in [1.54, 1.807) is 10.9 Å². The van der Waals surface area contributed by atoms with Gasteiger partial charge < -0.3 is 38.7 Å². The van der Waals surface area contributed by atoms with E-state index in [4.69, 9.17) is 29.2 Å². The lowest BCUT2D eigenvalue weighted by Crippen LogP contribution is -2.26. The normalized spacial score (nSPS) is 13.9. The van der Waals surface area contributed by atoms with Crippen molar-refractivity contribution < 1.29 is 32.9 Å². The zero-order valence-electron chi connectivity index (χ0n) is 26.7. The van der Waals surface area contributed by atoms with Crippen LogP contribution in [0.1, 0.15) is 103 Å². The summed E-state index contributed by atoms with van der Waals surface area (Å²) >= 11 is 0. The quantitative estimate of drug-likeness (QED) is 0.0784. The van der Waals surface area contributed by atoms with Crippen molar-refractivity contribution in [2.45, 2.75) is 116 Å². The molecule has 0 bridgehead atoms. The van der Waals surface area contributed by atoms with Crippen LogP contribution >= 0.6 is 7.60 Å². The van der Waals surface area contributed by atoms with Gasteiger partial charge in [0.05, 0.1) is 39.3 Å². The van der Waals surface area contributed by atoms with Crippen LogP contribution in [-0.2, 0) is 29.8 Å². The van der Waals surface area contributed by atoms with E-state index >= 15 is 0 Å². The van der Waals surface area contributed by atoms with E-state index in [9.17, 15) is 9.46 Å². The molecule has 0 saturated carbocycles. The molecule has 3 N–H and O–H groups in total. The fraction of sp³-hybridized carbons (Fsp3) is 0.833. The van der Waals surface area contributed by atoms with Crippen LogP contribution in [0.3, 0.4) is 0 Å². The minimum atomic E-state index is -3.95. The zero-order chi connectivity index (χ0) is 31.2. The summed E-state index contributed by atoms with van der Waals surface area (Å²) in [6.07, 6.45) is 19.7. The maximum Gasteiger partial charge on any atom is 0.353 e. The molecule has 248 valence electrons. The molecular weight excluding hydrogens is 573 g/mol. The number of hydrogen-bond acceptors (Lipinski definition) is 10. The van der Waals surface area contributed by atoms with Crippen LogP contribution in [-0.4, -0.2) is 77.5 Å². The van der Waals surface area contributed by atoms with Gasteiger partial charge in [-0.3, -0.25) is 4.57 Å². The van der Waals surface area contributed by atoms with Gasteiger partial charge in [0.2, 0.25) is 11.8 Å². The van der Waals surface area contributed by atoms with E-state index in [2.05, 4.69) is 21.9 Å². The van der Waals surface area contributed by atoms with Crippen LogP contribution in [0.4, 0.5) is 5.95 Å². The minimum Gasteiger partial charge on any atom is -0.479 e. The highest BCUT2D eigenvalue weighted by Crippen LogP contribution is 2.42. The predicted molar refractivity (Wildman–Crippen MR) is 169 cm³/mol. The van der Waals surface area contributed by atoms with Crippen molar-refractivity contribution in [2.75, 3.05) is 52.7 Å². The molecule has 2 aromatic heterocycles. The number of unbranched alkanes of at least 4 members (excludes halogenated alkanes) is 13. The Balaban J connectivity index is 1.50. The molecule has 0 aliphatic rings. The molecule has 13 heteroatoms. The first-order valence-electron chi connectivity index (χ1n) is 16.1. The zero-order valence-corrected chi connectivity index (χ0v) is 27.6. The number of fused-ring (bicyclic) bond motifs is 1. The Kier molecular flexibility index (Phi) is 19.7. The molecule has 0 aliphatic carbocycles. The Morgan fingerprint density at radius 1 is 0.884 bits per heavy atom. The molecule has 2 aromatic rings. The first-order valence-corrected chi connectivity index (χ1v) is 17.8. The molecule has 43 heavy (non-hydrogen) atoms. The molecule has 2 atom stereocenters. The van der Waals surface area contributed by atoms with Gasteiger partial charge in [0.15, 0.2) is 11.2 Å². The smallest absolute Gasteiger partial charge is 0.353 e.